The second kappa shape index (κ2) is 3.67. The van der Waals surface area contributed by atoms with E-state index in [1.165, 1.54) is 7.05 Å². The van der Waals surface area contributed by atoms with Gasteiger partial charge in [-0.1, -0.05) is 13.8 Å². The third-order valence-electron chi connectivity index (χ3n) is 1.95. The van der Waals surface area contributed by atoms with Crippen molar-refractivity contribution < 1.29 is 18.0 Å². The highest BCUT2D eigenvalue weighted by atomic mass is 19.4. The first-order valence-electron chi connectivity index (χ1n) is 4.39. The van der Waals surface area contributed by atoms with Crippen molar-refractivity contribution in [1.29, 1.82) is 0 Å². The zero-order valence-electron chi connectivity index (χ0n) is 8.59. The number of Topliss-reactive ketones (excluding diaryl/α,β-unsaturated/α-hetero) is 1. The highest BCUT2D eigenvalue weighted by Crippen LogP contribution is 2.28. The third kappa shape index (κ3) is 2.37. The van der Waals surface area contributed by atoms with E-state index in [2.05, 4.69) is 5.10 Å². The normalized spacial score (nSPS) is 12.2. The van der Waals surface area contributed by atoms with Gasteiger partial charge in [0, 0.05) is 13.0 Å². The first kappa shape index (κ1) is 11.7. The first-order valence-corrected chi connectivity index (χ1v) is 4.39. The molecule has 0 radical (unpaired) electrons. The number of hydrogen-bond acceptors (Lipinski definition) is 2. The molecule has 15 heavy (non-hydrogen) atoms. The van der Waals surface area contributed by atoms with Gasteiger partial charge in [-0.15, -0.1) is 0 Å². The fraction of sp³-hybridized carbons (Fsp3) is 0.556. The van der Waals surface area contributed by atoms with E-state index < -0.39 is 11.9 Å². The largest absolute Gasteiger partial charge is 0.435 e. The van der Waals surface area contributed by atoms with Crippen LogP contribution in [0.4, 0.5) is 13.2 Å². The number of carbonyl (C=O) groups is 1. The summed E-state index contributed by atoms with van der Waals surface area (Å²) in [5.41, 5.74) is -1.05. The summed E-state index contributed by atoms with van der Waals surface area (Å²) < 4.78 is 37.7. The number of carbonyl (C=O) groups excluding carboxylic acids is 1. The smallest absolute Gasteiger partial charge is 0.292 e. The molecule has 0 amide bonds. The molecule has 0 aliphatic heterocycles. The van der Waals surface area contributed by atoms with E-state index in [9.17, 15) is 18.0 Å². The van der Waals surface area contributed by atoms with Gasteiger partial charge in [0.15, 0.2) is 11.5 Å². The number of rotatable bonds is 2. The Kier molecular flexibility index (Phi) is 2.88. The van der Waals surface area contributed by atoms with Crippen LogP contribution in [0.25, 0.3) is 0 Å². The number of nitrogens with zero attached hydrogens (tertiary/aromatic N) is 2. The van der Waals surface area contributed by atoms with Crippen LogP contribution in [0.15, 0.2) is 6.07 Å². The zero-order valence-corrected chi connectivity index (χ0v) is 8.59. The van der Waals surface area contributed by atoms with Gasteiger partial charge in [-0.3, -0.25) is 9.48 Å². The van der Waals surface area contributed by atoms with Crippen LogP contribution in [0.3, 0.4) is 0 Å². The maximum Gasteiger partial charge on any atom is 0.435 e. The van der Waals surface area contributed by atoms with Gasteiger partial charge in [-0.2, -0.15) is 18.3 Å². The number of ketones is 1. The van der Waals surface area contributed by atoms with Crippen molar-refractivity contribution in [1.82, 2.24) is 9.78 Å². The van der Waals surface area contributed by atoms with Crippen LogP contribution in [0.1, 0.15) is 30.0 Å². The van der Waals surface area contributed by atoms with Gasteiger partial charge < -0.3 is 0 Å². The Balaban J connectivity index is 3.13. The van der Waals surface area contributed by atoms with Crippen molar-refractivity contribution in [2.24, 2.45) is 13.0 Å². The van der Waals surface area contributed by atoms with Crippen LogP contribution in [-0.4, -0.2) is 15.6 Å². The van der Waals surface area contributed by atoms with Crippen LogP contribution in [0, 0.1) is 5.92 Å². The number of halogens is 3. The standard InChI is InChI=1S/C9H11F3N2O/c1-5(2)8(15)6-4-7(9(10,11)12)13-14(6)3/h4-5H,1-3H3. The maximum atomic E-state index is 12.3. The van der Waals surface area contributed by atoms with Crippen LogP contribution >= 0.6 is 0 Å². The molecule has 0 fully saturated rings. The molecule has 84 valence electrons. The summed E-state index contributed by atoms with van der Waals surface area (Å²) in [7, 11) is 1.32. The average molecular weight is 220 g/mol. The van der Waals surface area contributed by atoms with Crippen molar-refractivity contribution in [3.8, 4) is 0 Å². The predicted octanol–water partition coefficient (Wildman–Crippen LogP) is 2.28. The van der Waals surface area contributed by atoms with E-state index in [1.54, 1.807) is 13.8 Å². The summed E-state index contributed by atoms with van der Waals surface area (Å²) in [6, 6.07) is 0.780. The molecular weight excluding hydrogens is 209 g/mol. The molecule has 0 aromatic carbocycles. The molecule has 1 aromatic heterocycles. The van der Waals surface area contributed by atoms with E-state index in [1.807, 2.05) is 0 Å². The minimum Gasteiger partial charge on any atom is -0.292 e. The lowest BCUT2D eigenvalue weighted by molar-refractivity contribution is -0.141. The van der Waals surface area contributed by atoms with Crippen molar-refractivity contribution in [2.45, 2.75) is 20.0 Å². The molecule has 0 N–H and O–H groups in total. The summed E-state index contributed by atoms with van der Waals surface area (Å²) >= 11 is 0. The van der Waals surface area contributed by atoms with E-state index in [-0.39, 0.29) is 17.4 Å². The lowest BCUT2D eigenvalue weighted by Gasteiger charge is -2.02. The highest BCUT2D eigenvalue weighted by Gasteiger charge is 2.35. The molecule has 0 atom stereocenters. The van der Waals surface area contributed by atoms with Gasteiger partial charge >= 0.3 is 6.18 Å². The van der Waals surface area contributed by atoms with Gasteiger partial charge in [0.25, 0.3) is 0 Å². The molecule has 1 heterocycles. The van der Waals surface area contributed by atoms with Gasteiger partial charge in [0.05, 0.1) is 0 Å². The minimum absolute atomic E-state index is 0.0164. The predicted molar refractivity (Wildman–Crippen MR) is 47.4 cm³/mol. The van der Waals surface area contributed by atoms with Crippen LogP contribution < -0.4 is 0 Å². The third-order valence-corrected chi connectivity index (χ3v) is 1.95. The van der Waals surface area contributed by atoms with Crippen LogP contribution in [0.5, 0.6) is 0 Å². The summed E-state index contributed by atoms with van der Waals surface area (Å²) in [4.78, 5) is 11.5. The van der Waals surface area contributed by atoms with Gasteiger partial charge in [-0.05, 0) is 6.07 Å². The number of aryl methyl sites for hydroxylation is 1. The van der Waals surface area contributed by atoms with E-state index in [0.29, 0.717) is 0 Å². The Labute approximate surface area is 84.9 Å². The van der Waals surface area contributed by atoms with Crippen LogP contribution in [0.2, 0.25) is 0 Å². The lowest BCUT2D eigenvalue weighted by atomic mass is 10.1. The Morgan fingerprint density at radius 2 is 2.00 bits per heavy atom. The molecule has 0 aliphatic carbocycles. The summed E-state index contributed by atoms with van der Waals surface area (Å²) in [6.45, 7) is 3.26. The monoisotopic (exact) mass is 220 g/mol. The van der Waals surface area contributed by atoms with Crippen molar-refractivity contribution in [3.05, 3.63) is 17.5 Å². The summed E-state index contributed by atoms with van der Waals surface area (Å²) in [5, 5.41) is 3.26. The Bertz CT molecular complexity index is 379. The second-order valence-corrected chi connectivity index (χ2v) is 3.56. The van der Waals surface area contributed by atoms with Crippen molar-refractivity contribution >= 4 is 5.78 Å². The number of aromatic nitrogens is 2. The summed E-state index contributed by atoms with van der Waals surface area (Å²) in [6.07, 6.45) is -4.51. The van der Waals surface area contributed by atoms with Crippen molar-refractivity contribution in [3.63, 3.8) is 0 Å². The van der Waals surface area contributed by atoms with E-state index in [0.717, 1.165) is 10.7 Å². The quantitative estimate of drug-likeness (QED) is 0.716. The van der Waals surface area contributed by atoms with Gasteiger partial charge in [0.2, 0.25) is 0 Å². The highest BCUT2D eigenvalue weighted by molar-refractivity contribution is 5.95. The minimum atomic E-state index is -4.51. The number of alkyl halides is 3. The lowest BCUT2D eigenvalue weighted by Crippen LogP contribution is -2.12. The first-order chi connectivity index (χ1) is 6.73. The SMILES string of the molecule is CC(C)C(=O)c1cc(C(F)(F)F)nn1C. The molecule has 1 aromatic rings. The van der Waals surface area contributed by atoms with Crippen molar-refractivity contribution in [2.75, 3.05) is 0 Å². The molecule has 0 aliphatic rings. The van der Waals surface area contributed by atoms with Gasteiger partial charge in [0.1, 0.15) is 5.69 Å². The number of hydrogen-bond donors (Lipinski definition) is 0. The molecular formula is C9H11F3N2O. The van der Waals surface area contributed by atoms with Crippen LogP contribution in [-0.2, 0) is 13.2 Å². The van der Waals surface area contributed by atoms with E-state index in [4.69, 9.17) is 0 Å². The fourth-order valence-corrected chi connectivity index (χ4v) is 1.13. The fourth-order valence-electron chi connectivity index (χ4n) is 1.13. The molecule has 0 spiro atoms. The Hall–Kier alpha value is -1.33. The molecule has 0 saturated carbocycles. The molecule has 0 bridgehead atoms. The second-order valence-electron chi connectivity index (χ2n) is 3.56. The van der Waals surface area contributed by atoms with Gasteiger partial charge in [-0.25, -0.2) is 0 Å². The molecule has 3 nitrogen and oxygen atoms in total. The summed E-state index contributed by atoms with van der Waals surface area (Å²) in [5.74, 6) is -0.693. The zero-order chi connectivity index (χ0) is 11.8. The Morgan fingerprint density at radius 1 is 1.47 bits per heavy atom. The maximum absolute atomic E-state index is 12.3. The molecule has 0 saturated heterocycles. The van der Waals surface area contributed by atoms with E-state index >= 15 is 0 Å². The molecule has 6 heteroatoms. The molecule has 0 unspecified atom stereocenters. The average Bonchev–Trinajstić information content (AvgIpc) is 2.45. The topological polar surface area (TPSA) is 34.9 Å². The Morgan fingerprint density at radius 3 is 2.33 bits per heavy atom. The molecule has 1 rings (SSSR count).